The van der Waals surface area contributed by atoms with Gasteiger partial charge in [0.25, 0.3) is 0 Å². The Morgan fingerprint density at radius 3 is 2.64 bits per heavy atom. The van der Waals surface area contributed by atoms with Crippen LogP contribution in [0.2, 0.25) is 25.7 Å². The summed E-state index contributed by atoms with van der Waals surface area (Å²) in [5.41, 5.74) is 0. The van der Waals surface area contributed by atoms with E-state index in [4.69, 9.17) is 0 Å². The summed E-state index contributed by atoms with van der Waals surface area (Å²) in [6.45, 7) is 7.29. The number of aromatic nitrogens is 2. The minimum absolute atomic E-state index is 0.833. The summed E-state index contributed by atoms with van der Waals surface area (Å²) < 4.78 is 2.08. The standard InChI is InChI=1S/C10H20N2SSi/c1-12-7-6-11-10(12)13-8-5-9-14(2,3)4/h6-7H,5,8-9H2,1-4H3. The summed E-state index contributed by atoms with van der Waals surface area (Å²) in [6.07, 6.45) is 5.19. The Bertz CT molecular complexity index is 278. The molecular formula is C10H20N2SSi. The second-order valence-corrected chi connectivity index (χ2v) is 11.5. The molecule has 0 atom stereocenters. The molecular weight excluding hydrogens is 208 g/mol. The molecule has 0 saturated heterocycles. The highest BCUT2D eigenvalue weighted by Crippen LogP contribution is 2.19. The fraction of sp³-hybridized carbons (Fsp3) is 0.700. The van der Waals surface area contributed by atoms with Crippen LogP contribution in [0.25, 0.3) is 0 Å². The van der Waals surface area contributed by atoms with E-state index in [-0.39, 0.29) is 0 Å². The lowest BCUT2D eigenvalue weighted by atomic mass is 10.6. The maximum Gasteiger partial charge on any atom is 0.167 e. The van der Waals surface area contributed by atoms with Gasteiger partial charge in [-0.3, -0.25) is 0 Å². The fourth-order valence-corrected chi connectivity index (χ4v) is 3.62. The SMILES string of the molecule is Cn1ccnc1SCCC[Si](C)(C)C. The molecule has 0 aliphatic rings. The molecule has 80 valence electrons. The van der Waals surface area contributed by atoms with E-state index in [1.807, 2.05) is 31.2 Å². The summed E-state index contributed by atoms with van der Waals surface area (Å²) in [5, 5.41) is 1.14. The lowest BCUT2D eigenvalue weighted by Crippen LogP contribution is -2.18. The van der Waals surface area contributed by atoms with Crippen molar-refractivity contribution in [2.24, 2.45) is 7.05 Å². The lowest BCUT2D eigenvalue weighted by molar-refractivity contribution is 0.789. The Hall–Kier alpha value is -0.223. The van der Waals surface area contributed by atoms with Crippen LogP contribution < -0.4 is 0 Å². The Labute approximate surface area is 92.1 Å². The molecule has 0 N–H and O–H groups in total. The molecule has 0 bridgehead atoms. The molecule has 2 nitrogen and oxygen atoms in total. The van der Waals surface area contributed by atoms with E-state index in [0.29, 0.717) is 0 Å². The minimum Gasteiger partial charge on any atom is -0.329 e. The molecule has 1 heterocycles. The van der Waals surface area contributed by atoms with Crippen LogP contribution in [0.5, 0.6) is 0 Å². The summed E-state index contributed by atoms with van der Waals surface area (Å²) in [7, 11) is 1.22. The van der Waals surface area contributed by atoms with Crippen LogP contribution in [0.15, 0.2) is 17.6 Å². The van der Waals surface area contributed by atoms with E-state index < -0.39 is 8.07 Å². The molecule has 0 unspecified atom stereocenters. The van der Waals surface area contributed by atoms with E-state index in [0.717, 1.165) is 5.16 Å². The van der Waals surface area contributed by atoms with Crippen molar-refractivity contribution >= 4 is 19.8 Å². The van der Waals surface area contributed by atoms with Crippen molar-refractivity contribution < 1.29 is 0 Å². The molecule has 0 radical (unpaired) electrons. The molecule has 0 aliphatic carbocycles. The van der Waals surface area contributed by atoms with E-state index in [1.54, 1.807) is 0 Å². The normalized spacial score (nSPS) is 12.0. The van der Waals surface area contributed by atoms with Crippen LogP contribution >= 0.6 is 11.8 Å². The highest BCUT2D eigenvalue weighted by Gasteiger charge is 2.12. The zero-order chi connectivity index (χ0) is 10.6. The Morgan fingerprint density at radius 2 is 2.14 bits per heavy atom. The van der Waals surface area contributed by atoms with Gasteiger partial charge in [-0.25, -0.2) is 4.98 Å². The lowest BCUT2D eigenvalue weighted by Gasteiger charge is -2.14. The Balaban J connectivity index is 2.20. The summed E-state index contributed by atoms with van der Waals surface area (Å²) in [6, 6.07) is 1.42. The molecule has 1 rings (SSSR count). The van der Waals surface area contributed by atoms with Crippen LogP contribution in [0.1, 0.15) is 6.42 Å². The predicted molar refractivity (Wildman–Crippen MR) is 66.7 cm³/mol. The molecule has 4 heteroatoms. The van der Waals surface area contributed by atoms with Crippen molar-refractivity contribution in [3.63, 3.8) is 0 Å². The van der Waals surface area contributed by atoms with Gasteiger partial charge in [-0.15, -0.1) is 0 Å². The van der Waals surface area contributed by atoms with Crippen LogP contribution in [-0.4, -0.2) is 23.4 Å². The van der Waals surface area contributed by atoms with Gasteiger partial charge in [-0.05, 0) is 6.42 Å². The van der Waals surface area contributed by atoms with Crippen molar-refractivity contribution in [3.8, 4) is 0 Å². The number of thioether (sulfide) groups is 1. The Kier molecular flexibility index (Phi) is 4.25. The first-order valence-corrected chi connectivity index (χ1v) is 9.78. The van der Waals surface area contributed by atoms with Gasteiger partial charge in [0.05, 0.1) is 0 Å². The largest absolute Gasteiger partial charge is 0.329 e. The molecule has 0 fully saturated rings. The number of aryl methyl sites for hydroxylation is 1. The Morgan fingerprint density at radius 1 is 1.43 bits per heavy atom. The van der Waals surface area contributed by atoms with Crippen molar-refractivity contribution in [1.29, 1.82) is 0 Å². The summed E-state index contributed by atoms with van der Waals surface area (Å²) in [4.78, 5) is 4.29. The molecule has 1 aromatic heterocycles. The zero-order valence-corrected chi connectivity index (χ0v) is 11.4. The average Bonchev–Trinajstić information content (AvgIpc) is 2.44. The van der Waals surface area contributed by atoms with Crippen LogP contribution in [0, 0.1) is 0 Å². The van der Waals surface area contributed by atoms with Crippen molar-refractivity contribution in [2.75, 3.05) is 5.75 Å². The van der Waals surface area contributed by atoms with Gasteiger partial charge in [-0.2, -0.15) is 0 Å². The van der Waals surface area contributed by atoms with E-state index in [2.05, 4.69) is 29.2 Å². The number of nitrogens with zero attached hydrogens (tertiary/aromatic N) is 2. The third-order valence-corrected chi connectivity index (χ3v) is 5.08. The fourth-order valence-electron chi connectivity index (χ4n) is 1.26. The van der Waals surface area contributed by atoms with E-state index in [9.17, 15) is 0 Å². The molecule has 0 saturated carbocycles. The highest BCUT2D eigenvalue weighted by atomic mass is 32.2. The number of imidazole rings is 1. The first-order chi connectivity index (χ1) is 6.49. The first kappa shape index (κ1) is 11.8. The third kappa shape index (κ3) is 4.33. The number of rotatable bonds is 5. The van der Waals surface area contributed by atoms with Gasteiger partial charge < -0.3 is 4.57 Å². The van der Waals surface area contributed by atoms with Gasteiger partial charge in [0.15, 0.2) is 5.16 Å². The maximum absolute atomic E-state index is 4.29. The van der Waals surface area contributed by atoms with Gasteiger partial charge in [-0.1, -0.05) is 37.4 Å². The smallest absolute Gasteiger partial charge is 0.167 e. The van der Waals surface area contributed by atoms with Gasteiger partial charge in [0.2, 0.25) is 0 Å². The zero-order valence-electron chi connectivity index (χ0n) is 9.58. The van der Waals surface area contributed by atoms with E-state index in [1.165, 1.54) is 18.2 Å². The van der Waals surface area contributed by atoms with Crippen LogP contribution in [-0.2, 0) is 7.05 Å². The first-order valence-electron chi connectivity index (χ1n) is 5.09. The molecule has 0 amide bonds. The molecule has 0 spiro atoms. The predicted octanol–water partition coefficient (Wildman–Crippen LogP) is 3.24. The van der Waals surface area contributed by atoms with Crippen LogP contribution in [0.3, 0.4) is 0 Å². The second kappa shape index (κ2) is 5.03. The van der Waals surface area contributed by atoms with Gasteiger partial charge in [0, 0.05) is 33.3 Å². The number of hydrogen-bond donors (Lipinski definition) is 0. The molecule has 1 aromatic rings. The average molecular weight is 228 g/mol. The van der Waals surface area contributed by atoms with Crippen molar-refractivity contribution in [2.45, 2.75) is 37.3 Å². The van der Waals surface area contributed by atoms with E-state index >= 15 is 0 Å². The van der Waals surface area contributed by atoms with Crippen LogP contribution in [0.4, 0.5) is 0 Å². The second-order valence-electron chi connectivity index (χ2n) is 4.83. The monoisotopic (exact) mass is 228 g/mol. The molecule has 0 aliphatic heterocycles. The highest BCUT2D eigenvalue weighted by molar-refractivity contribution is 7.99. The quantitative estimate of drug-likeness (QED) is 0.437. The molecule has 0 aromatic carbocycles. The third-order valence-electron chi connectivity index (χ3n) is 2.08. The topological polar surface area (TPSA) is 17.8 Å². The molecule has 14 heavy (non-hydrogen) atoms. The summed E-state index contributed by atoms with van der Waals surface area (Å²) >= 11 is 1.87. The number of hydrogen-bond acceptors (Lipinski definition) is 2. The van der Waals surface area contributed by atoms with Crippen molar-refractivity contribution in [3.05, 3.63) is 12.4 Å². The van der Waals surface area contributed by atoms with Crippen molar-refractivity contribution in [1.82, 2.24) is 9.55 Å². The maximum atomic E-state index is 4.29. The summed E-state index contributed by atoms with van der Waals surface area (Å²) in [5.74, 6) is 1.20. The van der Waals surface area contributed by atoms with Gasteiger partial charge in [0.1, 0.15) is 0 Å². The minimum atomic E-state index is -0.833. The van der Waals surface area contributed by atoms with Gasteiger partial charge >= 0.3 is 0 Å².